The highest BCUT2D eigenvalue weighted by molar-refractivity contribution is 5.34. The molecular weight excluding hydrogens is 234 g/mol. The fraction of sp³-hybridized carbons (Fsp3) is 0.647. The first-order valence-electron chi connectivity index (χ1n) is 7.72. The minimum Gasteiger partial charge on any atom is -0.392 e. The number of hydrogen-bond acceptors (Lipinski definition) is 2. The van der Waals surface area contributed by atoms with Crippen molar-refractivity contribution < 1.29 is 5.11 Å². The Morgan fingerprint density at radius 3 is 2.21 bits per heavy atom. The average molecular weight is 265 g/mol. The van der Waals surface area contributed by atoms with Crippen LogP contribution in [-0.4, -0.2) is 18.2 Å². The van der Waals surface area contributed by atoms with Crippen molar-refractivity contribution >= 4 is 0 Å². The molecule has 1 heterocycles. The molecule has 1 saturated heterocycles. The van der Waals surface area contributed by atoms with Gasteiger partial charge in [0.1, 0.15) is 0 Å². The SMILES string of the molecule is CC.CC.Cc1ccc(C2CCNCC2)c(CO)c1. The third kappa shape index (κ3) is 5.75. The Bertz CT molecular complexity index is 330. The van der Waals surface area contributed by atoms with Crippen LogP contribution in [0.4, 0.5) is 0 Å². The topological polar surface area (TPSA) is 32.3 Å². The van der Waals surface area contributed by atoms with E-state index in [4.69, 9.17) is 0 Å². The largest absolute Gasteiger partial charge is 0.392 e. The summed E-state index contributed by atoms with van der Waals surface area (Å²) < 4.78 is 0. The van der Waals surface area contributed by atoms with E-state index in [1.165, 1.54) is 24.0 Å². The second-order valence-corrected chi connectivity index (χ2v) is 4.38. The lowest BCUT2D eigenvalue weighted by Gasteiger charge is -2.25. The van der Waals surface area contributed by atoms with Crippen LogP contribution in [0.5, 0.6) is 0 Å². The molecule has 0 radical (unpaired) electrons. The van der Waals surface area contributed by atoms with Crippen molar-refractivity contribution in [2.75, 3.05) is 13.1 Å². The van der Waals surface area contributed by atoms with E-state index in [-0.39, 0.29) is 6.61 Å². The van der Waals surface area contributed by atoms with Crippen molar-refractivity contribution in [1.82, 2.24) is 5.32 Å². The van der Waals surface area contributed by atoms with E-state index < -0.39 is 0 Å². The standard InChI is InChI=1S/C13H19NO.2C2H6/c1-10-2-3-13(12(8-10)9-15)11-4-6-14-7-5-11;2*1-2/h2-3,8,11,14-15H,4-7,9H2,1H3;2*1-2H3. The summed E-state index contributed by atoms with van der Waals surface area (Å²) in [7, 11) is 0. The summed E-state index contributed by atoms with van der Waals surface area (Å²) in [4.78, 5) is 0. The van der Waals surface area contributed by atoms with Crippen molar-refractivity contribution in [2.45, 2.75) is 60.0 Å². The van der Waals surface area contributed by atoms with Crippen LogP contribution in [0.3, 0.4) is 0 Å². The predicted octanol–water partition coefficient (Wildman–Crippen LogP) is 4.01. The number of aryl methyl sites for hydroxylation is 1. The molecule has 1 aliphatic rings. The van der Waals surface area contributed by atoms with Gasteiger partial charge in [0.2, 0.25) is 0 Å². The average Bonchev–Trinajstić information content (AvgIpc) is 2.52. The Morgan fingerprint density at radius 1 is 1.11 bits per heavy atom. The Kier molecular flexibility index (Phi) is 10.5. The highest BCUT2D eigenvalue weighted by Crippen LogP contribution is 2.28. The van der Waals surface area contributed by atoms with Gasteiger partial charge in [-0.3, -0.25) is 0 Å². The Balaban J connectivity index is 0.000000741. The highest BCUT2D eigenvalue weighted by Gasteiger charge is 2.17. The van der Waals surface area contributed by atoms with Crippen LogP contribution in [0.15, 0.2) is 18.2 Å². The van der Waals surface area contributed by atoms with E-state index >= 15 is 0 Å². The summed E-state index contributed by atoms with van der Waals surface area (Å²) >= 11 is 0. The molecule has 2 N–H and O–H groups in total. The van der Waals surface area contributed by atoms with Crippen molar-refractivity contribution in [3.63, 3.8) is 0 Å². The maximum absolute atomic E-state index is 9.36. The van der Waals surface area contributed by atoms with Gasteiger partial charge in [0, 0.05) is 0 Å². The molecule has 0 atom stereocenters. The van der Waals surface area contributed by atoms with Crippen molar-refractivity contribution in [3.05, 3.63) is 34.9 Å². The summed E-state index contributed by atoms with van der Waals surface area (Å²) in [6, 6.07) is 6.45. The highest BCUT2D eigenvalue weighted by atomic mass is 16.3. The van der Waals surface area contributed by atoms with Gasteiger partial charge in [0.25, 0.3) is 0 Å². The zero-order chi connectivity index (χ0) is 14.7. The number of benzene rings is 1. The van der Waals surface area contributed by atoms with Gasteiger partial charge in [0.15, 0.2) is 0 Å². The predicted molar refractivity (Wildman–Crippen MR) is 84.6 cm³/mol. The molecule has 0 aromatic heterocycles. The number of aliphatic hydroxyl groups is 1. The van der Waals surface area contributed by atoms with Gasteiger partial charge in [-0.05, 0) is 49.9 Å². The first-order valence-corrected chi connectivity index (χ1v) is 7.72. The van der Waals surface area contributed by atoms with Crippen LogP contribution < -0.4 is 5.32 Å². The number of piperidine rings is 1. The molecule has 1 aromatic carbocycles. The molecule has 2 rings (SSSR count). The molecule has 0 bridgehead atoms. The zero-order valence-electron chi connectivity index (χ0n) is 13.3. The van der Waals surface area contributed by atoms with Gasteiger partial charge < -0.3 is 10.4 Å². The molecule has 1 aliphatic heterocycles. The maximum Gasteiger partial charge on any atom is 0.0684 e. The van der Waals surface area contributed by atoms with Crippen LogP contribution in [0.1, 0.15) is 63.1 Å². The summed E-state index contributed by atoms with van der Waals surface area (Å²) in [6.07, 6.45) is 2.38. The van der Waals surface area contributed by atoms with Crippen LogP contribution in [-0.2, 0) is 6.61 Å². The lowest BCUT2D eigenvalue weighted by atomic mass is 9.86. The first kappa shape index (κ1) is 18.1. The molecule has 2 heteroatoms. The van der Waals surface area contributed by atoms with E-state index in [2.05, 4.69) is 30.4 Å². The van der Waals surface area contributed by atoms with E-state index in [1.807, 2.05) is 27.7 Å². The molecule has 0 spiro atoms. The Morgan fingerprint density at radius 2 is 1.68 bits per heavy atom. The molecule has 0 amide bonds. The van der Waals surface area contributed by atoms with E-state index in [9.17, 15) is 5.11 Å². The third-order valence-electron chi connectivity index (χ3n) is 3.25. The van der Waals surface area contributed by atoms with Gasteiger partial charge in [0.05, 0.1) is 6.61 Å². The molecule has 0 unspecified atom stereocenters. The summed E-state index contributed by atoms with van der Waals surface area (Å²) in [5.41, 5.74) is 3.70. The monoisotopic (exact) mass is 265 g/mol. The lowest BCUT2D eigenvalue weighted by Crippen LogP contribution is -2.27. The first-order chi connectivity index (χ1) is 9.31. The van der Waals surface area contributed by atoms with Gasteiger partial charge >= 0.3 is 0 Å². The number of rotatable bonds is 2. The van der Waals surface area contributed by atoms with Crippen LogP contribution in [0.25, 0.3) is 0 Å². The van der Waals surface area contributed by atoms with Crippen LogP contribution in [0.2, 0.25) is 0 Å². The number of hydrogen-bond donors (Lipinski definition) is 2. The van der Waals surface area contributed by atoms with E-state index in [0.717, 1.165) is 18.7 Å². The maximum atomic E-state index is 9.36. The second-order valence-electron chi connectivity index (χ2n) is 4.38. The fourth-order valence-corrected chi connectivity index (χ4v) is 2.40. The van der Waals surface area contributed by atoms with Gasteiger partial charge in [-0.15, -0.1) is 0 Å². The van der Waals surface area contributed by atoms with Gasteiger partial charge in [-0.25, -0.2) is 0 Å². The molecule has 19 heavy (non-hydrogen) atoms. The third-order valence-corrected chi connectivity index (χ3v) is 3.25. The minimum atomic E-state index is 0.168. The molecule has 110 valence electrons. The summed E-state index contributed by atoms with van der Waals surface area (Å²) in [5, 5.41) is 12.7. The fourth-order valence-electron chi connectivity index (χ4n) is 2.40. The zero-order valence-corrected chi connectivity index (χ0v) is 13.3. The molecule has 0 aliphatic carbocycles. The van der Waals surface area contributed by atoms with Crippen molar-refractivity contribution in [3.8, 4) is 0 Å². The van der Waals surface area contributed by atoms with E-state index in [1.54, 1.807) is 0 Å². The Labute approximate surface area is 119 Å². The quantitative estimate of drug-likeness (QED) is 0.847. The summed E-state index contributed by atoms with van der Waals surface area (Å²) in [5.74, 6) is 0.633. The van der Waals surface area contributed by atoms with Crippen molar-refractivity contribution in [2.24, 2.45) is 0 Å². The van der Waals surface area contributed by atoms with E-state index in [0.29, 0.717) is 5.92 Å². The second kappa shape index (κ2) is 11.0. The lowest BCUT2D eigenvalue weighted by molar-refractivity contribution is 0.278. The molecule has 2 nitrogen and oxygen atoms in total. The van der Waals surface area contributed by atoms with Crippen LogP contribution in [0, 0.1) is 6.92 Å². The molecular formula is C17H31NO. The molecule has 0 saturated carbocycles. The number of aliphatic hydroxyl groups excluding tert-OH is 1. The molecule has 1 fully saturated rings. The van der Waals surface area contributed by atoms with Gasteiger partial charge in [-0.2, -0.15) is 0 Å². The smallest absolute Gasteiger partial charge is 0.0684 e. The normalized spacial score (nSPS) is 14.8. The number of nitrogens with one attached hydrogen (secondary N) is 1. The minimum absolute atomic E-state index is 0.168. The van der Waals surface area contributed by atoms with Crippen molar-refractivity contribution in [1.29, 1.82) is 0 Å². The Hall–Kier alpha value is -0.860. The summed E-state index contributed by atoms with van der Waals surface area (Å²) in [6.45, 7) is 12.4. The van der Waals surface area contributed by atoms with Gasteiger partial charge in [-0.1, -0.05) is 51.5 Å². The van der Waals surface area contributed by atoms with Crippen LogP contribution >= 0.6 is 0 Å². The molecule has 1 aromatic rings.